The molecule has 0 aliphatic heterocycles. The Morgan fingerprint density at radius 3 is 2.76 bits per heavy atom. The normalized spacial score (nSPS) is 23.4. The maximum Gasteiger partial charge on any atom is 0.207 e. The molecular formula is C13H20N2O2. The van der Waals surface area contributed by atoms with Gasteiger partial charge in [-0.1, -0.05) is 32.1 Å². The molecule has 0 spiro atoms. The van der Waals surface area contributed by atoms with Crippen LogP contribution in [0.15, 0.2) is 23.8 Å². The number of amides is 1. The highest BCUT2D eigenvalue weighted by Crippen LogP contribution is 2.20. The van der Waals surface area contributed by atoms with Crippen molar-refractivity contribution < 1.29 is 9.59 Å². The first-order valence-electron chi connectivity index (χ1n) is 5.97. The number of nitrogens with one attached hydrogen (secondary N) is 1. The van der Waals surface area contributed by atoms with Crippen molar-refractivity contribution in [3.05, 3.63) is 23.8 Å². The summed E-state index contributed by atoms with van der Waals surface area (Å²) in [5.74, 6) is 0.136. The molecule has 1 N–H and O–H groups in total. The Hall–Kier alpha value is -1.42. The predicted octanol–water partition coefficient (Wildman–Crippen LogP) is 0.897. The Balaban J connectivity index is 3.00. The number of carbonyl (C=O) groups excluding carboxylic acids is 2. The highest BCUT2D eigenvalue weighted by molar-refractivity contribution is 5.97. The van der Waals surface area contributed by atoms with Crippen LogP contribution in [0.1, 0.15) is 20.3 Å². The van der Waals surface area contributed by atoms with E-state index < -0.39 is 0 Å². The third-order valence-corrected chi connectivity index (χ3v) is 3.13. The number of Topliss-reactive ketones (excluding diaryl/α,β-unsaturated/α-hetero) is 1. The lowest BCUT2D eigenvalue weighted by Gasteiger charge is -2.35. The number of likely N-dealkylation sites (N-methyl/N-ethyl adjacent to an activating group) is 1. The molecule has 1 rings (SSSR count). The van der Waals surface area contributed by atoms with Crippen molar-refractivity contribution in [2.75, 3.05) is 13.6 Å². The van der Waals surface area contributed by atoms with Crippen LogP contribution in [0.25, 0.3) is 0 Å². The number of allylic oxidation sites excluding steroid dienone is 2. The van der Waals surface area contributed by atoms with E-state index >= 15 is 0 Å². The molecule has 0 saturated carbocycles. The van der Waals surface area contributed by atoms with E-state index in [1.165, 1.54) is 0 Å². The third kappa shape index (κ3) is 3.03. The quantitative estimate of drug-likeness (QED) is 0.697. The van der Waals surface area contributed by atoms with Gasteiger partial charge in [-0.05, 0) is 13.6 Å². The second-order valence-electron chi connectivity index (χ2n) is 4.11. The fourth-order valence-electron chi connectivity index (χ4n) is 2.07. The van der Waals surface area contributed by atoms with Gasteiger partial charge in [-0.2, -0.15) is 0 Å². The molecule has 1 unspecified atom stereocenters. The fourth-order valence-corrected chi connectivity index (χ4v) is 2.07. The van der Waals surface area contributed by atoms with Crippen LogP contribution in [0.4, 0.5) is 0 Å². The maximum atomic E-state index is 11.9. The maximum absolute atomic E-state index is 11.9. The van der Waals surface area contributed by atoms with Crippen LogP contribution < -0.4 is 5.32 Å². The summed E-state index contributed by atoms with van der Waals surface area (Å²) in [5.41, 5.74) is 0.777. The predicted molar refractivity (Wildman–Crippen MR) is 67.6 cm³/mol. The summed E-state index contributed by atoms with van der Waals surface area (Å²) < 4.78 is 0. The minimum Gasteiger partial charge on any atom is -0.351 e. The zero-order valence-electron chi connectivity index (χ0n) is 10.6. The van der Waals surface area contributed by atoms with Crippen molar-refractivity contribution in [2.24, 2.45) is 0 Å². The molecule has 0 saturated heterocycles. The Morgan fingerprint density at radius 1 is 1.53 bits per heavy atom. The first-order valence-corrected chi connectivity index (χ1v) is 5.97. The van der Waals surface area contributed by atoms with E-state index in [1.807, 2.05) is 39.1 Å². The molecule has 0 aromatic heterocycles. The van der Waals surface area contributed by atoms with E-state index in [-0.39, 0.29) is 17.9 Å². The van der Waals surface area contributed by atoms with Gasteiger partial charge in [0.25, 0.3) is 0 Å². The van der Waals surface area contributed by atoms with Crippen molar-refractivity contribution >= 4 is 12.2 Å². The van der Waals surface area contributed by atoms with E-state index in [9.17, 15) is 9.59 Å². The van der Waals surface area contributed by atoms with Crippen LogP contribution in [0.2, 0.25) is 0 Å². The first-order chi connectivity index (χ1) is 8.15. The van der Waals surface area contributed by atoms with Gasteiger partial charge in [-0.3, -0.25) is 14.5 Å². The molecule has 0 aromatic carbocycles. The van der Waals surface area contributed by atoms with Gasteiger partial charge < -0.3 is 5.32 Å². The number of carbonyl (C=O) groups is 2. The van der Waals surface area contributed by atoms with Gasteiger partial charge >= 0.3 is 0 Å². The molecule has 0 bridgehead atoms. The summed E-state index contributed by atoms with van der Waals surface area (Å²) in [4.78, 5) is 24.6. The van der Waals surface area contributed by atoms with Crippen molar-refractivity contribution in [2.45, 2.75) is 32.4 Å². The highest BCUT2D eigenvalue weighted by Gasteiger charge is 2.30. The van der Waals surface area contributed by atoms with Crippen molar-refractivity contribution in [3.63, 3.8) is 0 Å². The van der Waals surface area contributed by atoms with Gasteiger partial charge in [0.2, 0.25) is 6.41 Å². The fraction of sp³-hybridized carbons (Fsp3) is 0.538. The van der Waals surface area contributed by atoms with Crippen LogP contribution >= 0.6 is 0 Å². The largest absolute Gasteiger partial charge is 0.351 e. The van der Waals surface area contributed by atoms with Gasteiger partial charge in [-0.25, -0.2) is 0 Å². The van der Waals surface area contributed by atoms with E-state index in [0.29, 0.717) is 12.8 Å². The zero-order chi connectivity index (χ0) is 12.8. The summed E-state index contributed by atoms with van der Waals surface area (Å²) >= 11 is 0. The van der Waals surface area contributed by atoms with Crippen LogP contribution in [-0.4, -0.2) is 42.8 Å². The summed E-state index contributed by atoms with van der Waals surface area (Å²) in [5, 5.41) is 2.76. The summed E-state index contributed by atoms with van der Waals surface area (Å²) in [6.07, 6.45) is 6.78. The molecule has 94 valence electrons. The van der Waals surface area contributed by atoms with Gasteiger partial charge in [0, 0.05) is 12.0 Å². The Bertz CT molecular complexity index is 347. The average Bonchev–Trinajstić information content (AvgIpc) is 2.37. The molecule has 4 nitrogen and oxygen atoms in total. The number of rotatable bonds is 6. The average molecular weight is 236 g/mol. The SMILES string of the molecule is CCC(=O)C1=CC=C[C@H](NC=O)C1N(C)CC. The highest BCUT2D eigenvalue weighted by atomic mass is 16.1. The minimum atomic E-state index is -0.132. The topological polar surface area (TPSA) is 49.4 Å². The molecule has 4 heteroatoms. The lowest BCUT2D eigenvalue weighted by atomic mass is 9.89. The van der Waals surface area contributed by atoms with Crippen LogP contribution in [0.3, 0.4) is 0 Å². The summed E-state index contributed by atoms with van der Waals surface area (Å²) in [6, 6.07) is -0.199. The lowest BCUT2D eigenvalue weighted by molar-refractivity contribution is -0.116. The molecule has 2 atom stereocenters. The second kappa shape index (κ2) is 6.35. The molecule has 0 heterocycles. The number of nitrogens with zero attached hydrogens (tertiary/aromatic N) is 1. The monoisotopic (exact) mass is 236 g/mol. The molecule has 0 fully saturated rings. The summed E-state index contributed by atoms with van der Waals surface area (Å²) in [7, 11) is 1.96. The van der Waals surface area contributed by atoms with E-state index in [1.54, 1.807) is 0 Å². The Labute approximate surface area is 102 Å². The van der Waals surface area contributed by atoms with Gasteiger partial charge in [-0.15, -0.1) is 0 Å². The van der Waals surface area contributed by atoms with Crippen LogP contribution in [-0.2, 0) is 9.59 Å². The minimum absolute atomic E-state index is 0.0670. The van der Waals surface area contributed by atoms with Gasteiger partial charge in [0.05, 0.1) is 12.1 Å². The zero-order valence-corrected chi connectivity index (χ0v) is 10.6. The molecule has 1 aliphatic carbocycles. The lowest BCUT2D eigenvalue weighted by Crippen LogP contribution is -2.50. The van der Waals surface area contributed by atoms with Gasteiger partial charge in [0.1, 0.15) is 0 Å². The van der Waals surface area contributed by atoms with Crippen molar-refractivity contribution in [1.29, 1.82) is 0 Å². The van der Waals surface area contributed by atoms with Crippen LogP contribution in [0.5, 0.6) is 0 Å². The van der Waals surface area contributed by atoms with Crippen molar-refractivity contribution in [1.82, 2.24) is 10.2 Å². The Morgan fingerprint density at radius 2 is 2.24 bits per heavy atom. The third-order valence-electron chi connectivity index (χ3n) is 3.13. The standard InChI is InChI=1S/C13H20N2O2/c1-4-12(17)10-7-6-8-11(14-9-16)13(10)15(3)5-2/h6-9,11,13H,4-5H2,1-3H3,(H,14,16)/t11-,13?/m0/s1. The van der Waals surface area contributed by atoms with E-state index in [2.05, 4.69) is 10.2 Å². The molecule has 0 aromatic rings. The van der Waals surface area contributed by atoms with Crippen LogP contribution in [0, 0.1) is 0 Å². The molecule has 0 radical (unpaired) electrons. The Kier molecular flexibility index (Phi) is 5.10. The smallest absolute Gasteiger partial charge is 0.207 e. The first kappa shape index (κ1) is 13.6. The second-order valence-corrected chi connectivity index (χ2v) is 4.11. The number of hydrogen-bond donors (Lipinski definition) is 1. The number of ketones is 1. The van der Waals surface area contributed by atoms with Gasteiger partial charge in [0.15, 0.2) is 5.78 Å². The van der Waals surface area contributed by atoms with E-state index in [0.717, 1.165) is 12.1 Å². The number of hydrogen-bond acceptors (Lipinski definition) is 3. The van der Waals surface area contributed by atoms with E-state index in [4.69, 9.17) is 0 Å². The van der Waals surface area contributed by atoms with Crippen molar-refractivity contribution in [3.8, 4) is 0 Å². The molecule has 1 aliphatic rings. The molecule has 17 heavy (non-hydrogen) atoms. The summed E-state index contributed by atoms with van der Waals surface area (Å²) in [6.45, 7) is 4.71. The molecule has 1 amide bonds. The molecular weight excluding hydrogens is 216 g/mol.